The third-order valence-corrected chi connectivity index (χ3v) is 4.01. The highest BCUT2D eigenvalue weighted by Crippen LogP contribution is 2.35. The highest BCUT2D eigenvalue weighted by atomic mass is 16.7. The Kier molecular flexibility index (Phi) is 3.52. The minimum absolute atomic E-state index is 0.144. The van der Waals surface area contributed by atoms with Gasteiger partial charge in [-0.15, -0.1) is 0 Å². The van der Waals surface area contributed by atoms with E-state index in [1.807, 2.05) is 0 Å². The molecule has 3 rings (SSSR count). The van der Waals surface area contributed by atoms with Crippen LogP contribution in [0.1, 0.15) is 47.8 Å². The zero-order chi connectivity index (χ0) is 14.2. The molecule has 0 aromatic carbocycles. The lowest BCUT2D eigenvalue weighted by molar-refractivity contribution is -0.179. The number of oxazole rings is 1. The summed E-state index contributed by atoms with van der Waals surface area (Å²) in [5, 5.41) is 3.01. The van der Waals surface area contributed by atoms with E-state index in [-0.39, 0.29) is 17.7 Å². The maximum Gasteiger partial charge on any atom is 0.289 e. The van der Waals surface area contributed by atoms with E-state index in [1.165, 1.54) is 0 Å². The first-order chi connectivity index (χ1) is 9.58. The third kappa shape index (κ3) is 2.58. The molecule has 20 heavy (non-hydrogen) atoms. The summed E-state index contributed by atoms with van der Waals surface area (Å²) < 4.78 is 16.7. The third-order valence-electron chi connectivity index (χ3n) is 4.01. The summed E-state index contributed by atoms with van der Waals surface area (Å²) in [6.45, 7) is 4.87. The second kappa shape index (κ2) is 5.18. The van der Waals surface area contributed by atoms with E-state index in [0.29, 0.717) is 30.6 Å². The molecule has 2 fully saturated rings. The number of carbonyl (C=O) groups excluding carboxylic acids is 1. The molecule has 110 valence electrons. The summed E-state index contributed by atoms with van der Waals surface area (Å²) >= 11 is 0. The number of aromatic nitrogens is 1. The zero-order valence-electron chi connectivity index (χ0n) is 11.9. The Bertz CT molecular complexity index is 495. The fourth-order valence-electron chi connectivity index (χ4n) is 2.98. The van der Waals surface area contributed by atoms with Crippen LogP contribution < -0.4 is 5.32 Å². The number of aryl methyl sites for hydroxylation is 2. The van der Waals surface area contributed by atoms with Gasteiger partial charge in [0.05, 0.1) is 18.9 Å². The molecule has 0 bridgehead atoms. The van der Waals surface area contributed by atoms with Gasteiger partial charge >= 0.3 is 0 Å². The Morgan fingerprint density at radius 2 is 1.90 bits per heavy atom. The molecule has 6 nitrogen and oxygen atoms in total. The lowest BCUT2D eigenvalue weighted by Gasteiger charge is -2.35. The predicted molar refractivity (Wildman–Crippen MR) is 70.3 cm³/mol. The Morgan fingerprint density at radius 1 is 1.25 bits per heavy atom. The van der Waals surface area contributed by atoms with Crippen LogP contribution in [0.3, 0.4) is 0 Å². The molecule has 1 saturated carbocycles. The first-order valence-corrected chi connectivity index (χ1v) is 7.11. The predicted octanol–water partition coefficient (Wildman–Crippen LogP) is 1.71. The molecule has 1 aromatic rings. The fraction of sp³-hybridized carbons (Fsp3) is 0.714. The normalized spacial score (nSPS) is 22.3. The molecule has 0 radical (unpaired) electrons. The van der Waals surface area contributed by atoms with Crippen molar-refractivity contribution in [2.24, 2.45) is 0 Å². The molecule has 0 unspecified atom stereocenters. The standard InChI is InChI=1S/C14H20N2O4/c1-9-12(20-10(2)15-9)13(17)16-11-3-5-14(6-4-11)18-7-8-19-14/h11H,3-8H2,1-2H3,(H,16,17). The molecular weight excluding hydrogens is 260 g/mol. The first kappa shape index (κ1) is 13.6. The quantitative estimate of drug-likeness (QED) is 0.892. The molecule has 2 aliphatic rings. The summed E-state index contributed by atoms with van der Waals surface area (Å²) in [5.41, 5.74) is 0.634. The van der Waals surface area contributed by atoms with Crippen molar-refractivity contribution in [3.05, 3.63) is 17.3 Å². The van der Waals surface area contributed by atoms with Gasteiger partial charge in [0, 0.05) is 25.8 Å². The summed E-state index contributed by atoms with van der Waals surface area (Å²) in [6, 6.07) is 0.144. The van der Waals surface area contributed by atoms with E-state index in [1.54, 1.807) is 13.8 Å². The van der Waals surface area contributed by atoms with Crippen LogP contribution in [0.25, 0.3) is 0 Å². The molecule has 1 amide bonds. The summed E-state index contributed by atoms with van der Waals surface area (Å²) in [6.07, 6.45) is 3.37. The van der Waals surface area contributed by atoms with Crippen LogP contribution in [0.15, 0.2) is 4.42 Å². The molecule has 1 aliphatic heterocycles. The van der Waals surface area contributed by atoms with E-state index < -0.39 is 0 Å². The van der Waals surface area contributed by atoms with Gasteiger partial charge in [-0.2, -0.15) is 0 Å². The number of hydrogen-bond donors (Lipinski definition) is 1. The van der Waals surface area contributed by atoms with Gasteiger partial charge in [0.2, 0.25) is 5.76 Å². The van der Waals surface area contributed by atoms with Gasteiger partial charge in [0.15, 0.2) is 11.7 Å². The van der Waals surface area contributed by atoms with Crippen molar-refractivity contribution >= 4 is 5.91 Å². The zero-order valence-corrected chi connectivity index (χ0v) is 11.9. The first-order valence-electron chi connectivity index (χ1n) is 7.11. The molecule has 0 atom stereocenters. The molecule has 1 aromatic heterocycles. The van der Waals surface area contributed by atoms with Crippen molar-refractivity contribution < 1.29 is 18.7 Å². The molecule has 2 heterocycles. The average molecular weight is 280 g/mol. The van der Waals surface area contributed by atoms with Gasteiger partial charge in [-0.25, -0.2) is 4.98 Å². The Hall–Kier alpha value is -1.40. The van der Waals surface area contributed by atoms with Crippen molar-refractivity contribution in [2.75, 3.05) is 13.2 Å². The fourth-order valence-corrected chi connectivity index (χ4v) is 2.98. The van der Waals surface area contributed by atoms with Crippen LogP contribution in [0.4, 0.5) is 0 Å². The molecule has 1 N–H and O–H groups in total. The average Bonchev–Trinajstić information content (AvgIpc) is 3.00. The minimum Gasteiger partial charge on any atom is -0.436 e. The van der Waals surface area contributed by atoms with Gasteiger partial charge in [-0.1, -0.05) is 0 Å². The van der Waals surface area contributed by atoms with Crippen molar-refractivity contribution in [3.8, 4) is 0 Å². The van der Waals surface area contributed by atoms with Gasteiger partial charge < -0.3 is 19.2 Å². The lowest BCUT2D eigenvalue weighted by Crippen LogP contribution is -2.44. The maximum atomic E-state index is 12.2. The van der Waals surface area contributed by atoms with Gasteiger partial charge in [-0.3, -0.25) is 4.79 Å². The summed E-state index contributed by atoms with van der Waals surface area (Å²) in [4.78, 5) is 16.3. The highest BCUT2D eigenvalue weighted by Gasteiger charge is 2.40. The van der Waals surface area contributed by atoms with Crippen LogP contribution in [-0.4, -0.2) is 35.9 Å². The molecule has 1 aliphatic carbocycles. The largest absolute Gasteiger partial charge is 0.436 e. The van der Waals surface area contributed by atoms with E-state index >= 15 is 0 Å². The number of nitrogens with zero attached hydrogens (tertiary/aromatic N) is 1. The minimum atomic E-state index is -0.389. The van der Waals surface area contributed by atoms with Crippen LogP contribution in [0.2, 0.25) is 0 Å². The number of amides is 1. The van der Waals surface area contributed by atoms with E-state index in [9.17, 15) is 4.79 Å². The lowest BCUT2D eigenvalue weighted by atomic mass is 9.90. The Balaban J connectivity index is 1.57. The maximum absolute atomic E-state index is 12.2. The molecule has 1 spiro atoms. The number of carbonyl (C=O) groups is 1. The van der Waals surface area contributed by atoms with Gasteiger partial charge in [0.25, 0.3) is 5.91 Å². The van der Waals surface area contributed by atoms with E-state index in [0.717, 1.165) is 25.7 Å². The van der Waals surface area contributed by atoms with Crippen LogP contribution >= 0.6 is 0 Å². The van der Waals surface area contributed by atoms with Crippen LogP contribution in [-0.2, 0) is 9.47 Å². The molecule has 1 saturated heterocycles. The van der Waals surface area contributed by atoms with Gasteiger partial charge in [0.1, 0.15) is 0 Å². The smallest absolute Gasteiger partial charge is 0.289 e. The topological polar surface area (TPSA) is 73.6 Å². The monoisotopic (exact) mass is 280 g/mol. The van der Waals surface area contributed by atoms with Crippen molar-refractivity contribution in [1.29, 1.82) is 0 Å². The van der Waals surface area contributed by atoms with Crippen LogP contribution in [0.5, 0.6) is 0 Å². The van der Waals surface area contributed by atoms with E-state index in [4.69, 9.17) is 13.9 Å². The Morgan fingerprint density at radius 3 is 2.45 bits per heavy atom. The number of rotatable bonds is 2. The van der Waals surface area contributed by atoms with Crippen molar-refractivity contribution in [3.63, 3.8) is 0 Å². The number of nitrogens with one attached hydrogen (secondary N) is 1. The second-order valence-electron chi connectivity index (χ2n) is 5.50. The number of ether oxygens (including phenoxy) is 2. The summed E-state index contributed by atoms with van der Waals surface area (Å²) in [7, 11) is 0. The van der Waals surface area contributed by atoms with E-state index in [2.05, 4.69) is 10.3 Å². The van der Waals surface area contributed by atoms with Gasteiger partial charge in [-0.05, 0) is 19.8 Å². The molecular formula is C14H20N2O4. The molecule has 6 heteroatoms. The SMILES string of the molecule is Cc1nc(C)c(C(=O)NC2CCC3(CC2)OCCO3)o1. The second-order valence-corrected chi connectivity index (χ2v) is 5.50. The van der Waals surface area contributed by atoms with Crippen LogP contribution in [0, 0.1) is 13.8 Å². The van der Waals surface area contributed by atoms with Crippen molar-refractivity contribution in [1.82, 2.24) is 10.3 Å². The summed E-state index contributed by atoms with van der Waals surface area (Å²) in [5.74, 6) is 0.261. The van der Waals surface area contributed by atoms with Crippen molar-refractivity contribution in [2.45, 2.75) is 51.4 Å². The number of hydrogen-bond acceptors (Lipinski definition) is 5. The highest BCUT2D eigenvalue weighted by molar-refractivity contribution is 5.92. The Labute approximate surface area is 117 Å².